The van der Waals surface area contributed by atoms with Crippen LogP contribution in [0.25, 0.3) is 0 Å². The van der Waals surface area contributed by atoms with Gasteiger partial charge in [-0.2, -0.15) is 0 Å². The highest BCUT2D eigenvalue weighted by molar-refractivity contribution is 5.78. The van der Waals surface area contributed by atoms with Crippen molar-refractivity contribution in [2.45, 2.75) is 0 Å². The molecule has 1 aliphatic rings. The second kappa shape index (κ2) is 6.33. The molecule has 0 radical (unpaired) electrons. The van der Waals surface area contributed by atoms with Crippen LogP contribution in [0.5, 0.6) is 0 Å². The van der Waals surface area contributed by atoms with Crippen molar-refractivity contribution in [3.63, 3.8) is 0 Å². The predicted octanol–water partition coefficient (Wildman–Crippen LogP) is 0.463. The molecule has 0 bridgehead atoms. The van der Waals surface area contributed by atoms with E-state index in [1.54, 1.807) is 19.2 Å². The third-order valence-corrected chi connectivity index (χ3v) is 3.39. The molecule has 0 atom stereocenters. The molecule has 1 N–H and O–H groups in total. The zero-order valence-corrected chi connectivity index (χ0v) is 11.4. The van der Waals surface area contributed by atoms with E-state index in [-0.39, 0.29) is 11.6 Å². The summed E-state index contributed by atoms with van der Waals surface area (Å²) in [5.41, 5.74) is 1.05. The minimum Gasteiger partial charge on any atom is -0.368 e. The molecule has 0 spiro atoms. The van der Waals surface area contributed by atoms with Crippen LogP contribution in [0.4, 0.5) is 11.4 Å². The van der Waals surface area contributed by atoms with E-state index in [0.29, 0.717) is 19.6 Å². The first-order valence-corrected chi connectivity index (χ1v) is 6.53. The summed E-state index contributed by atoms with van der Waals surface area (Å²) in [6, 6.07) is 6.52. The Balaban J connectivity index is 1.93. The minimum atomic E-state index is -0.405. The Bertz CT molecular complexity index is 481. The molecule has 1 heterocycles. The van der Waals surface area contributed by atoms with Crippen LogP contribution in [0, 0.1) is 10.1 Å². The van der Waals surface area contributed by atoms with E-state index in [2.05, 4.69) is 10.2 Å². The van der Waals surface area contributed by atoms with Crippen molar-refractivity contribution in [2.75, 3.05) is 44.7 Å². The van der Waals surface area contributed by atoms with Crippen LogP contribution in [0.1, 0.15) is 0 Å². The molecular weight excluding hydrogens is 260 g/mol. The fourth-order valence-electron chi connectivity index (χ4n) is 2.26. The van der Waals surface area contributed by atoms with Crippen LogP contribution in [0.3, 0.4) is 0 Å². The number of amides is 1. The smallest absolute Gasteiger partial charge is 0.269 e. The molecule has 20 heavy (non-hydrogen) atoms. The maximum absolute atomic E-state index is 11.7. The van der Waals surface area contributed by atoms with Crippen LogP contribution < -0.4 is 10.2 Å². The number of anilines is 1. The maximum Gasteiger partial charge on any atom is 0.269 e. The van der Waals surface area contributed by atoms with Gasteiger partial charge in [-0.3, -0.25) is 14.9 Å². The normalized spacial score (nSPS) is 15.2. The predicted molar refractivity (Wildman–Crippen MR) is 75.8 cm³/mol. The molecule has 2 rings (SSSR count). The summed E-state index contributed by atoms with van der Waals surface area (Å²) in [5.74, 6) is 0.107. The van der Waals surface area contributed by atoms with Crippen molar-refractivity contribution in [1.82, 2.24) is 10.2 Å². The standard InChI is InChI=1S/C13H18N4O3/c1-14-10-13(18)16-8-6-15(7-9-16)11-2-4-12(5-3-11)17(19)20/h2-5,14H,6-10H2,1H3. The molecule has 1 aromatic rings. The van der Waals surface area contributed by atoms with Gasteiger partial charge in [-0.05, 0) is 19.2 Å². The molecule has 1 amide bonds. The van der Waals surface area contributed by atoms with E-state index in [1.165, 1.54) is 12.1 Å². The summed E-state index contributed by atoms with van der Waals surface area (Å²) in [4.78, 5) is 25.9. The van der Waals surface area contributed by atoms with Crippen molar-refractivity contribution in [3.05, 3.63) is 34.4 Å². The summed E-state index contributed by atoms with van der Waals surface area (Å²) in [6.07, 6.45) is 0. The molecule has 7 nitrogen and oxygen atoms in total. The average Bonchev–Trinajstić information content (AvgIpc) is 2.48. The van der Waals surface area contributed by atoms with E-state index in [1.807, 2.05) is 4.90 Å². The van der Waals surface area contributed by atoms with Gasteiger partial charge >= 0.3 is 0 Å². The lowest BCUT2D eigenvalue weighted by Crippen LogP contribution is -2.50. The number of hydrogen-bond acceptors (Lipinski definition) is 5. The lowest BCUT2D eigenvalue weighted by Gasteiger charge is -2.36. The number of nitrogens with one attached hydrogen (secondary N) is 1. The topological polar surface area (TPSA) is 78.7 Å². The zero-order valence-electron chi connectivity index (χ0n) is 11.4. The molecule has 1 saturated heterocycles. The number of nitro groups is 1. The zero-order chi connectivity index (χ0) is 14.5. The summed E-state index contributed by atoms with van der Waals surface area (Å²) >= 11 is 0. The number of hydrogen-bond donors (Lipinski definition) is 1. The first kappa shape index (κ1) is 14.3. The van der Waals surface area contributed by atoms with Crippen molar-refractivity contribution in [2.24, 2.45) is 0 Å². The summed E-state index contributed by atoms with van der Waals surface area (Å²) in [6.45, 7) is 3.20. The maximum atomic E-state index is 11.7. The van der Waals surface area contributed by atoms with Gasteiger partial charge in [0.05, 0.1) is 11.5 Å². The quantitative estimate of drug-likeness (QED) is 0.639. The second-order valence-electron chi connectivity index (χ2n) is 4.67. The summed E-state index contributed by atoms with van der Waals surface area (Å²) in [5, 5.41) is 13.5. The Morgan fingerprint density at radius 3 is 2.35 bits per heavy atom. The number of likely N-dealkylation sites (N-methyl/N-ethyl adjacent to an activating group) is 1. The fourth-order valence-corrected chi connectivity index (χ4v) is 2.26. The number of carbonyl (C=O) groups excluding carboxylic acids is 1. The minimum absolute atomic E-state index is 0.0941. The van der Waals surface area contributed by atoms with Crippen LogP contribution in [-0.4, -0.2) is 55.5 Å². The molecule has 0 saturated carbocycles. The monoisotopic (exact) mass is 278 g/mol. The lowest BCUT2D eigenvalue weighted by atomic mass is 10.2. The van der Waals surface area contributed by atoms with Gasteiger partial charge in [0.1, 0.15) is 0 Å². The van der Waals surface area contributed by atoms with Crippen molar-refractivity contribution < 1.29 is 9.72 Å². The van der Waals surface area contributed by atoms with Crippen molar-refractivity contribution >= 4 is 17.3 Å². The summed E-state index contributed by atoms with van der Waals surface area (Å²) in [7, 11) is 1.75. The lowest BCUT2D eigenvalue weighted by molar-refractivity contribution is -0.384. The molecule has 1 fully saturated rings. The fraction of sp³-hybridized carbons (Fsp3) is 0.462. The molecule has 0 unspecified atom stereocenters. The molecule has 0 aromatic heterocycles. The molecule has 0 aliphatic carbocycles. The number of nitro benzene ring substituents is 1. The second-order valence-corrected chi connectivity index (χ2v) is 4.67. The number of carbonyl (C=O) groups is 1. The highest BCUT2D eigenvalue weighted by atomic mass is 16.6. The molecule has 7 heteroatoms. The molecule has 1 aliphatic heterocycles. The van der Waals surface area contributed by atoms with Crippen LogP contribution in [-0.2, 0) is 4.79 Å². The van der Waals surface area contributed by atoms with Gasteiger partial charge in [-0.25, -0.2) is 0 Å². The Labute approximate surface area is 117 Å². The first-order chi connectivity index (χ1) is 9.61. The van der Waals surface area contributed by atoms with E-state index in [0.717, 1.165) is 18.8 Å². The van der Waals surface area contributed by atoms with Crippen molar-refractivity contribution in [1.29, 1.82) is 0 Å². The Morgan fingerprint density at radius 1 is 1.25 bits per heavy atom. The van der Waals surface area contributed by atoms with Gasteiger partial charge in [0, 0.05) is 44.0 Å². The Morgan fingerprint density at radius 2 is 1.85 bits per heavy atom. The van der Waals surface area contributed by atoms with E-state index in [4.69, 9.17) is 0 Å². The number of rotatable bonds is 4. The average molecular weight is 278 g/mol. The molecular formula is C13H18N4O3. The first-order valence-electron chi connectivity index (χ1n) is 6.53. The molecule has 108 valence electrons. The number of benzene rings is 1. The summed E-state index contributed by atoms with van der Waals surface area (Å²) < 4.78 is 0. The van der Waals surface area contributed by atoms with Crippen LogP contribution in [0.2, 0.25) is 0 Å². The largest absolute Gasteiger partial charge is 0.368 e. The van der Waals surface area contributed by atoms with Gasteiger partial charge < -0.3 is 15.1 Å². The van der Waals surface area contributed by atoms with E-state index in [9.17, 15) is 14.9 Å². The van der Waals surface area contributed by atoms with Gasteiger partial charge in [-0.1, -0.05) is 0 Å². The SMILES string of the molecule is CNCC(=O)N1CCN(c2ccc([N+](=O)[O-])cc2)CC1. The Kier molecular flexibility index (Phi) is 4.52. The van der Waals surface area contributed by atoms with Crippen LogP contribution >= 0.6 is 0 Å². The van der Waals surface area contributed by atoms with Gasteiger partial charge in [0.25, 0.3) is 5.69 Å². The number of non-ortho nitro benzene ring substituents is 1. The Hall–Kier alpha value is -2.15. The number of nitrogens with zero attached hydrogens (tertiary/aromatic N) is 3. The number of piperazine rings is 1. The van der Waals surface area contributed by atoms with Gasteiger partial charge in [0.2, 0.25) is 5.91 Å². The highest BCUT2D eigenvalue weighted by Crippen LogP contribution is 2.20. The van der Waals surface area contributed by atoms with Crippen LogP contribution in [0.15, 0.2) is 24.3 Å². The van der Waals surface area contributed by atoms with Crippen molar-refractivity contribution in [3.8, 4) is 0 Å². The third-order valence-electron chi connectivity index (χ3n) is 3.39. The highest BCUT2D eigenvalue weighted by Gasteiger charge is 2.20. The third kappa shape index (κ3) is 3.24. The van der Waals surface area contributed by atoms with E-state index >= 15 is 0 Å². The van der Waals surface area contributed by atoms with Gasteiger partial charge in [-0.15, -0.1) is 0 Å². The molecule has 1 aromatic carbocycles. The van der Waals surface area contributed by atoms with Gasteiger partial charge in [0.15, 0.2) is 0 Å². The van der Waals surface area contributed by atoms with E-state index < -0.39 is 4.92 Å².